The molecule has 4 heteroatoms. The van der Waals surface area contributed by atoms with Crippen LogP contribution in [0.25, 0.3) is 0 Å². The second kappa shape index (κ2) is 5.60. The van der Waals surface area contributed by atoms with Crippen molar-refractivity contribution in [2.45, 2.75) is 45.2 Å². The number of furan rings is 1. The third-order valence-corrected chi connectivity index (χ3v) is 5.24. The molecule has 1 N–H and O–H groups in total. The molecule has 0 saturated heterocycles. The highest BCUT2D eigenvalue weighted by molar-refractivity contribution is 5.49. The van der Waals surface area contributed by atoms with Gasteiger partial charge in [-0.3, -0.25) is 4.90 Å². The molecular formula is C19H23NO3. The van der Waals surface area contributed by atoms with E-state index < -0.39 is 0 Å². The number of benzene rings is 1. The maximum absolute atomic E-state index is 10.2. The van der Waals surface area contributed by atoms with Crippen molar-refractivity contribution < 1.29 is 14.3 Å². The van der Waals surface area contributed by atoms with Crippen molar-refractivity contribution in [2.24, 2.45) is 0 Å². The maximum Gasteiger partial charge on any atom is 0.160 e. The minimum absolute atomic E-state index is 0.238. The third kappa shape index (κ3) is 2.41. The van der Waals surface area contributed by atoms with E-state index in [9.17, 15) is 5.11 Å². The molecule has 0 fully saturated rings. The molecule has 2 aliphatic heterocycles. The van der Waals surface area contributed by atoms with E-state index in [-0.39, 0.29) is 5.75 Å². The van der Waals surface area contributed by atoms with Gasteiger partial charge in [0.15, 0.2) is 11.5 Å². The first-order chi connectivity index (χ1) is 11.2. The SMILES string of the molecule is CCc1cc2c(o1)CN1CCc3cc(OC)c(O)cc3[C@@H]1CC2. The van der Waals surface area contributed by atoms with Gasteiger partial charge in [0, 0.05) is 19.0 Å². The smallest absolute Gasteiger partial charge is 0.160 e. The van der Waals surface area contributed by atoms with Gasteiger partial charge in [-0.15, -0.1) is 0 Å². The highest BCUT2D eigenvalue weighted by Gasteiger charge is 2.32. The lowest BCUT2D eigenvalue weighted by Crippen LogP contribution is -2.34. The Hall–Kier alpha value is -1.94. The van der Waals surface area contributed by atoms with Crippen molar-refractivity contribution in [1.82, 2.24) is 4.90 Å². The van der Waals surface area contributed by atoms with Gasteiger partial charge in [-0.05, 0) is 54.2 Å². The summed E-state index contributed by atoms with van der Waals surface area (Å²) in [4.78, 5) is 2.49. The van der Waals surface area contributed by atoms with Gasteiger partial charge in [0.2, 0.25) is 0 Å². The van der Waals surface area contributed by atoms with Crippen molar-refractivity contribution >= 4 is 0 Å². The van der Waals surface area contributed by atoms with Crippen LogP contribution in [0, 0.1) is 0 Å². The number of aryl methyl sites for hydroxylation is 2. The number of fused-ring (bicyclic) bond motifs is 4. The summed E-state index contributed by atoms with van der Waals surface area (Å²) in [5.74, 6) is 3.03. The van der Waals surface area contributed by atoms with E-state index in [4.69, 9.17) is 9.15 Å². The summed E-state index contributed by atoms with van der Waals surface area (Å²) in [5.41, 5.74) is 3.90. The van der Waals surface area contributed by atoms with Gasteiger partial charge in [0.25, 0.3) is 0 Å². The van der Waals surface area contributed by atoms with E-state index in [0.29, 0.717) is 11.8 Å². The van der Waals surface area contributed by atoms with Crippen LogP contribution in [0.15, 0.2) is 22.6 Å². The minimum atomic E-state index is 0.238. The lowest BCUT2D eigenvalue weighted by molar-refractivity contribution is 0.161. The summed E-state index contributed by atoms with van der Waals surface area (Å²) in [7, 11) is 1.60. The number of hydrogen-bond acceptors (Lipinski definition) is 4. The molecule has 4 rings (SSSR count). The first kappa shape index (κ1) is 14.6. The fourth-order valence-electron chi connectivity index (χ4n) is 3.99. The van der Waals surface area contributed by atoms with Gasteiger partial charge in [-0.1, -0.05) is 6.92 Å². The average Bonchev–Trinajstić information content (AvgIpc) is 2.87. The lowest BCUT2D eigenvalue weighted by atomic mass is 9.89. The van der Waals surface area contributed by atoms with Crippen LogP contribution < -0.4 is 4.74 Å². The van der Waals surface area contributed by atoms with Crippen LogP contribution in [0.1, 0.15) is 47.6 Å². The van der Waals surface area contributed by atoms with Crippen molar-refractivity contribution in [3.8, 4) is 11.5 Å². The number of ether oxygens (including phenoxy) is 1. The zero-order valence-electron chi connectivity index (χ0n) is 13.8. The Bertz CT molecular complexity index is 734. The van der Waals surface area contributed by atoms with Crippen molar-refractivity contribution in [2.75, 3.05) is 13.7 Å². The number of rotatable bonds is 2. The maximum atomic E-state index is 10.2. The summed E-state index contributed by atoms with van der Waals surface area (Å²) >= 11 is 0. The Kier molecular flexibility index (Phi) is 3.57. The molecule has 2 aliphatic rings. The Morgan fingerprint density at radius 2 is 2.13 bits per heavy atom. The molecule has 0 amide bonds. The molecule has 1 atom stereocenters. The van der Waals surface area contributed by atoms with Gasteiger partial charge in [-0.25, -0.2) is 0 Å². The second-order valence-corrected chi connectivity index (χ2v) is 6.51. The highest BCUT2D eigenvalue weighted by atomic mass is 16.5. The van der Waals surface area contributed by atoms with Crippen molar-refractivity contribution in [1.29, 1.82) is 0 Å². The zero-order chi connectivity index (χ0) is 16.0. The van der Waals surface area contributed by atoms with Gasteiger partial charge in [0.1, 0.15) is 11.5 Å². The van der Waals surface area contributed by atoms with Gasteiger partial charge >= 0.3 is 0 Å². The number of hydrogen-bond donors (Lipinski definition) is 1. The van der Waals surface area contributed by atoms with E-state index in [1.54, 1.807) is 7.11 Å². The number of phenolic OH excluding ortho intramolecular Hbond substituents is 1. The summed E-state index contributed by atoms with van der Waals surface area (Å²) < 4.78 is 11.3. The normalized spacial score (nSPS) is 20.3. The van der Waals surface area contributed by atoms with E-state index >= 15 is 0 Å². The van der Waals surface area contributed by atoms with Crippen LogP contribution in [-0.2, 0) is 25.8 Å². The van der Waals surface area contributed by atoms with Crippen LogP contribution in [0.3, 0.4) is 0 Å². The summed E-state index contributed by atoms with van der Waals surface area (Å²) in [6, 6.07) is 6.47. The quantitative estimate of drug-likeness (QED) is 0.920. The van der Waals surface area contributed by atoms with Crippen LogP contribution >= 0.6 is 0 Å². The monoisotopic (exact) mass is 313 g/mol. The van der Waals surface area contributed by atoms with Gasteiger partial charge < -0.3 is 14.3 Å². The first-order valence-corrected chi connectivity index (χ1v) is 8.44. The summed E-state index contributed by atoms with van der Waals surface area (Å²) in [6.07, 6.45) is 4.03. The third-order valence-electron chi connectivity index (χ3n) is 5.24. The molecule has 0 radical (unpaired) electrons. The molecule has 1 aromatic heterocycles. The van der Waals surface area contributed by atoms with Crippen LogP contribution in [-0.4, -0.2) is 23.7 Å². The molecule has 0 saturated carbocycles. The van der Waals surface area contributed by atoms with Crippen LogP contribution in [0.2, 0.25) is 0 Å². The Labute approximate surface area is 136 Å². The Balaban J connectivity index is 1.68. The Morgan fingerprint density at radius 1 is 1.26 bits per heavy atom. The summed E-state index contributed by atoms with van der Waals surface area (Å²) in [6.45, 7) is 4.02. The molecule has 23 heavy (non-hydrogen) atoms. The topological polar surface area (TPSA) is 45.8 Å². The molecule has 4 nitrogen and oxygen atoms in total. The standard InChI is InChI=1S/C19H23NO3/c1-3-14-8-13-4-5-16-15-10-17(21)18(22-2)9-12(15)6-7-20(16)11-19(13)23-14/h8-10,16,21H,3-7,11H2,1-2H3/t16-/m0/s1. The molecule has 0 spiro atoms. The van der Waals surface area contributed by atoms with Gasteiger partial charge in [0.05, 0.1) is 13.7 Å². The molecule has 0 bridgehead atoms. The van der Waals surface area contributed by atoms with E-state index in [0.717, 1.165) is 50.3 Å². The molecule has 2 aromatic rings. The van der Waals surface area contributed by atoms with E-state index in [1.165, 1.54) is 16.7 Å². The largest absolute Gasteiger partial charge is 0.504 e. The van der Waals surface area contributed by atoms with E-state index in [2.05, 4.69) is 17.9 Å². The van der Waals surface area contributed by atoms with Crippen molar-refractivity contribution in [3.05, 3.63) is 46.4 Å². The fourth-order valence-corrected chi connectivity index (χ4v) is 3.99. The second-order valence-electron chi connectivity index (χ2n) is 6.51. The molecule has 122 valence electrons. The number of methoxy groups -OCH3 is 1. The number of phenols is 1. The average molecular weight is 313 g/mol. The van der Waals surface area contributed by atoms with Gasteiger partial charge in [-0.2, -0.15) is 0 Å². The molecule has 1 aromatic carbocycles. The van der Waals surface area contributed by atoms with Crippen molar-refractivity contribution in [3.63, 3.8) is 0 Å². The van der Waals surface area contributed by atoms with Crippen LogP contribution in [0.5, 0.6) is 11.5 Å². The van der Waals surface area contributed by atoms with Crippen LogP contribution in [0.4, 0.5) is 0 Å². The molecule has 0 unspecified atom stereocenters. The molecule has 0 aliphatic carbocycles. The summed E-state index contributed by atoms with van der Waals surface area (Å²) in [5, 5.41) is 10.2. The Morgan fingerprint density at radius 3 is 2.91 bits per heavy atom. The van der Waals surface area contributed by atoms with E-state index in [1.807, 2.05) is 12.1 Å². The number of nitrogens with zero attached hydrogens (tertiary/aromatic N) is 1. The lowest BCUT2D eigenvalue weighted by Gasteiger charge is -2.36. The zero-order valence-corrected chi connectivity index (χ0v) is 13.8. The predicted molar refractivity (Wildman–Crippen MR) is 87.9 cm³/mol. The molecule has 3 heterocycles. The number of aromatic hydroxyl groups is 1. The highest BCUT2D eigenvalue weighted by Crippen LogP contribution is 2.41. The fraction of sp³-hybridized carbons (Fsp3) is 0.474. The predicted octanol–water partition coefficient (Wildman–Crippen LogP) is 3.60. The minimum Gasteiger partial charge on any atom is -0.504 e. The molecular weight excluding hydrogens is 290 g/mol. The first-order valence-electron chi connectivity index (χ1n) is 8.44.